The van der Waals surface area contributed by atoms with Crippen LogP contribution in [0.4, 0.5) is 5.82 Å². The molecule has 0 saturated carbocycles. The van der Waals surface area contributed by atoms with Crippen molar-refractivity contribution in [2.24, 2.45) is 0 Å². The third-order valence-electron chi connectivity index (χ3n) is 2.68. The molecule has 1 aliphatic heterocycles. The minimum atomic E-state index is 0.723. The van der Waals surface area contributed by atoms with Gasteiger partial charge in [0.1, 0.15) is 5.82 Å². The molecule has 0 unspecified atom stereocenters. The molecule has 0 atom stereocenters. The molecule has 1 N–H and O–H groups in total. The maximum atomic E-state index is 6.06. The molecule has 15 heavy (non-hydrogen) atoms. The lowest BCUT2D eigenvalue weighted by molar-refractivity contribution is 0.785. The second kappa shape index (κ2) is 4.81. The van der Waals surface area contributed by atoms with Gasteiger partial charge in [-0.1, -0.05) is 11.6 Å². The van der Waals surface area contributed by atoms with Crippen molar-refractivity contribution in [3.05, 3.63) is 22.8 Å². The Kier molecular flexibility index (Phi) is 3.44. The molecule has 1 aliphatic rings. The lowest BCUT2D eigenvalue weighted by Crippen LogP contribution is -2.20. The number of aromatic nitrogens is 1. The van der Waals surface area contributed by atoms with Gasteiger partial charge in [0, 0.05) is 19.6 Å². The highest BCUT2D eigenvalue weighted by atomic mass is 35.5. The summed E-state index contributed by atoms with van der Waals surface area (Å²) in [4.78, 5) is 6.89. The van der Waals surface area contributed by atoms with E-state index in [1.807, 2.05) is 19.2 Å². The highest BCUT2D eigenvalue weighted by Crippen LogP contribution is 2.22. The molecule has 0 spiro atoms. The van der Waals surface area contributed by atoms with Gasteiger partial charge in [0.05, 0.1) is 10.7 Å². The number of hydrogen-bond acceptors (Lipinski definition) is 3. The zero-order chi connectivity index (χ0) is 10.7. The molecule has 1 aromatic heterocycles. The molecular formula is C11H16ClN3. The van der Waals surface area contributed by atoms with Gasteiger partial charge in [0.25, 0.3) is 0 Å². The van der Waals surface area contributed by atoms with Crippen LogP contribution in [0.25, 0.3) is 0 Å². The minimum Gasteiger partial charge on any atom is -0.357 e. The number of nitrogens with one attached hydrogen (secondary N) is 1. The van der Waals surface area contributed by atoms with Crippen molar-refractivity contribution >= 4 is 17.4 Å². The largest absolute Gasteiger partial charge is 0.357 e. The fourth-order valence-electron chi connectivity index (χ4n) is 1.89. The maximum absolute atomic E-state index is 6.06. The van der Waals surface area contributed by atoms with Crippen LogP contribution in [0.15, 0.2) is 12.1 Å². The fraction of sp³-hybridized carbons (Fsp3) is 0.545. The van der Waals surface area contributed by atoms with E-state index in [1.165, 1.54) is 12.8 Å². The summed E-state index contributed by atoms with van der Waals surface area (Å²) >= 11 is 6.06. The molecule has 1 saturated heterocycles. The number of nitrogens with zero attached hydrogens (tertiary/aromatic N) is 2. The Balaban J connectivity index is 2.21. The van der Waals surface area contributed by atoms with E-state index >= 15 is 0 Å². The first kappa shape index (κ1) is 10.7. The van der Waals surface area contributed by atoms with Gasteiger partial charge in [0.2, 0.25) is 0 Å². The average molecular weight is 226 g/mol. The van der Waals surface area contributed by atoms with Crippen LogP contribution in [0, 0.1) is 0 Å². The van der Waals surface area contributed by atoms with E-state index in [-0.39, 0.29) is 0 Å². The summed E-state index contributed by atoms with van der Waals surface area (Å²) in [5.41, 5.74) is 0.934. The summed E-state index contributed by atoms with van der Waals surface area (Å²) in [5, 5.41) is 3.82. The molecule has 3 nitrogen and oxygen atoms in total. The Morgan fingerprint density at radius 1 is 1.40 bits per heavy atom. The van der Waals surface area contributed by atoms with Crippen LogP contribution in [0.2, 0.25) is 5.02 Å². The van der Waals surface area contributed by atoms with Gasteiger partial charge in [-0.15, -0.1) is 0 Å². The SMILES string of the molecule is CNCc1nc(N2CCCC2)ccc1Cl. The summed E-state index contributed by atoms with van der Waals surface area (Å²) < 4.78 is 0. The van der Waals surface area contributed by atoms with E-state index in [0.717, 1.165) is 36.2 Å². The molecule has 2 heterocycles. The standard InChI is InChI=1S/C11H16ClN3/c1-13-8-10-9(12)4-5-11(14-10)15-6-2-3-7-15/h4-5,13H,2-3,6-8H2,1H3. The maximum Gasteiger partial charge on any atom is 0.128 e. The Morgan fingerprint density at radius 2 is 2.13 bits per heavy atom. The van der Waals surface area contributed by atoms with Gasteiger partial charge in [-0.2, -0.15) is 0 Å². The summed E-state index contributed by atoms with van der Waals surface area (Å²) in [6.07, 6.45) is 2.54. The summed E-state index contributed by atoms with van der Waals surface area (Å²) in [5.74, 6) is 1.06. The molecule has 1 aromatic rings. The third kappa shape index (κ3) is 2.41. The average Bonchev–Trinajstić information content (AvgIpc) is 2.75. The van der Waals surface area contributed by atoms with Crippen LogP contribution in [-0.2, 0) is 6.54 Å². The number of anilines is 1. The van der Waals surface area contributed by atoms with Crippen molar-refractivity contribution in [2.75, 3.05) is 25.0 Å². The normalized spacial score (nSPS) is 16.0. The number of pyridine rings is 1. The quantitative estimate of drug-likeness (QED) is 0.854. The first-order valence-corrected chi connectivity index (χ1v) is 5.74. The molecule has 0 aromatic carbocycles. The monoisotopic (exact) mass is 225 g/mol. The Labute approximate surface area is 95.4 Å². The third-order valence-corrected chi connectivity index (χ3v) is 3.02. The molecule has 82 valence electrons. The minimum absolute atomic E-state index is 0.723. The van der Waals surface area contributed by atoms with E-state index in [2.05, 4.69) is 15.2 Å². The first-order chi connectivity index (χ1) is 7.31. The van der Waals surface area contributed by atoms with Gasteiger partial charge < -0.3 is 10.2 Å². The van der Waals surface area contributed by atoms with Crippen molar-refractivity contribution in [3.8, 4) is 0 Å². The van der Waals surface area contributed by atoms with E-state index in [1.54, 1.807) is 0 Å². The zero-order valence-corrected chi connectivity index (χ0v) is 9.72. The highest BCUT2D eigenvalue weighted by molar-refractivity contribution is 6.31. The summed E-state index contributed by atoms with van der Waals surface area (Å²) in [6, 6.07) is 3.95. The Bertz CT molecular complexity index is 335. The van der Waals surface area contributed by atoms with Crippen LogP contribution in [0.1, 0.15) is 18.5 Å². The lowest BCUT2D eigenvalue weighted by atomic mass is 10.3. The van der Waals surface area contributed by atoms with Crippen LogP contribution >= 0.6 is 11.6 Å². The van der Waals surface area contributed by atoms with Crippen LogP contribution < -0.4 is 10.2 Å². The number of hydrogen-bond donors (Lipinski definition) is 1. The van der Waals surface area contributed by atoms with Gasteiger partial charge in [0.15, 0.2) is 0 Å². The molecule has 2 rings (SSSR count). The predicted octanol–water partition coefficient (Wildman–Crippen LogP) is 2.05. The smallest absolute Gasteiger partial charge is 0.128 e. The molecular weight excluding hydrogens is 210 g/mol. The van der Waals surface area contributed by atoms with E-state index in [0.29, 0.717) is 0 Å². The van der Waals surface area contributed by atoms with E-state index in [4.69, 9.17) is 11.6 Å². The molecule has 4 heteroatoms. The molecule has 0 aliphatic carbocycles. The second-order valence-corrected chi connectivity index (χ2v) is 4.23. The number of rotatable bonds is 3. The summed E-state index contributed by atoms with van der Waals surface area (Å²) in [7, 11) is 1.90. The van der Waals surface area contributed by atoms with Gasteiger partial charge >= 0.3 is 0 Å². The topological polar surface area (TPSA) is 28.2 Å². The van der Waals surface area contributed by atoms with Crippen molar-refractivity contribution < 1.29 is 0 Å². The van der Waals surface area contributed by atoms with Gasteiger partial charge in [-0.25, -0.2) is 4.98 Å². The lowest BCUT2D eigenvalue weighted by Gasteiger charge is -2.17. The van der Waals surface area contributed by atoms with Crippen LogP contribution in [0.3, 0.4) is 0 Å². The molecule has 0 amide bonds. The molecule has 1 fully saturated rings. The van der Waals surface area contributed by atoms with Crippen molar-refractivity contribution in [1.29, 1.82) is 0 Å². The van der Waals surface area contributed by atoms with Gasteiger partial charge in [-0.3, -0.25) is 0 Å². The Morgan fingerprint density at radius 3 is 2.80 bits per heavy atom. The molecule has 0 bridgehead atoms. The highest BCUT2D eigenvalue weighted by Gasteiger charge is 2.14. The second-order valence-electron chi connectivity index (χ2n) is 3.82. The first-order valence-electron chi connectivity index (χ1n) is 5.36. The van der Waals surface area contributed by atoms with Crippen molar-refractivity contribution in [3.63, 3.8) is 0 Å². The van der Waals surface area contributed by atoms with E-state index in [9.17, 15) is 0 Å². The van der Waals surface area contributed by atoms with Crippen LogP contribution in [-0.4, -0.2) is 25.1 Å². The number of halogens is 1. The molecule has 0 radical (unpaired) electrons. The Hall–Kier alpha value is -0.800. The van der Waals surface area contributed by atoms with Crippen LogP contribution in [0.5, 0.6) is 0 Å². The zero-order valence-electron chi connectivity index (χ0n) is 8.96. The van der Waals surface area contributed by atoms with Crippen molar-refractivity contribution in [1.82, 2.24) is 10.3 Å². The van der Waals surface area contributed by atoms with Crippen molar-refractivity contribution in [2.45, 2.75) is 19.4 Å². The van der Waals surface area contributed by atoms with Gasteiger partial charge in [-0.05, 0) is 32.0 Å². The van der Waals surface area contributed by atoms with E-state index < -0.39 is 0 Å². The summed E-state index contributed by atoms with van der Waals surface area (Å²) in [6.45, 7) is 2.96. The predicted molar refractivity (Wildman–Crippen MR) is 63.5 cm³/mol. The fourth-order valence-corrected chi connectivity index (χ4v) is 2.06.